The summed E-state index contributed by atoms with van der Waals surface area (Å²) in [4.78, 5) is 2.64. The van der Waals surface area contributed by atoms with Crippen LogP contribution >= 0.6 is 43.2 Å². The SMILES string of the molecule is CNC(c1cccc(Br)c1)c1sc(C)cc1Br. The van der Waals surface area contributed by atoms with Crippen molar-refractivity contribution in [1.82, 2.24) is 5.32 Å². The van der Waals surface area contributed by atoms with Gasteiger partial charge in [-0.2, -0.15) is 0 Å². The predicted octanol–water partition coefficient (Wildman–Crippen LogP) is 4.89. The van der Waals surface area contributed by atoms with Crippen molar-refractivity contribution in [3.63, 3.8) is 0 Å². The Bertz CT molecular complexity index is 522. The summed E-state index contributed by atoms with van der Waals surface area (Å²) in [7, 11) is 1.99. The van der Waals surface area contributed by atoms with Gasteiger partial charge in [0.15, 0.2) is 0 Å². The third kappa shape index (κ3) is 2.99. The predicted molar refractivity (Wildman–Crippen MR) is 81.8 cm³/mol. The summed E-state index contributed by atoms with van der Waals surface area (Å²) in [5, 5.41) is 3.38. The number of nitrogens with one attached hydrogen (secondary N) is 1. The van der Waals surface area contributed by atoms with Gasteiger partial charge in [0.05, 0.1) is 6.04 Å². The first-order valence-corrected chi connectivity index (χ1v) is 7.70. The second kappa shape index (κ2) is 5.65. The average molecular weight is 375 g/mol. The molecule has 1 aromatic heterocycles. The Morgan fingerprint density at radius 1 is 1.24 bits per heavy atom. The van der Waals surface area contributed by atoms with E-state index >= 15 is 0 Å². The molecule has 0 spiro atoms. The smallest absolute Gasteiger partial charge is 0.0680 e. The highest BCUT2D eigenvalue weighted by Crippen LogP contribution is 2.35. The molecule has 0 aliphatic heterocycles. The molecule has 0 radical (unpaired) electrons. The van der Waals surface area contributed by atoms with E-state index < -0.39 is 0 Å². The van der Waals surface area contributed by atoms with E-state index in [0.717, 1.165) is 4.47 Å². The first-order valence-electron chi connectivity index (χ1n) is 5.30. The molecule has 0 bridgehead atoms. The molecule has 4 heteroatoms. The van der Waals surface area contributed by atoms with Crippen LogP contribution in [0.3, 0.4) is 0 Å². The molecule has 2 aromatic rings. The van der Waals surface area contributed by atoms with Crippen LogP contribution in [0.5, 0.6) is 0 Å². The molecule has 0 aliphatic carbocycles. The number of aryl methyl sites for hydroxylation is 1. The summed E-state index contributed by atoms with van der Waals surface area (Å²) in [6.45, 7) is 2.13. The van der Waals surface area contributed by atoms with E-state index in [-0.39, 0.29) is 6.04 Å². The number of benzene rings is 1. The second-order valence-electron chi connectivity index (χ2n) is 3.85. The van der Waals surface area contributed by atoms with Gasteiger partial charge in [-0.15, -0.1) is 11.3 Å². The number of thiophene rings is 1. The molecule has 17 heavy (non-hydrogen) atoms. The maximum atomic E-state index is 3.63. The van der Waals surface area contributed by atoms with Crippen LogP contribution in [-0.2, 0) is 0 Å². The van der Waals surface area contributed by atoms with Gasteiger partial charge in [0.2, 0.25) is 0 Å². The number of rotatable bonds is 3. The Labute approximate surface area is 123 Å². The first kappa shape index (κ1) is 13.3. The lowest BCUT2D eigenvalue weighted by molar-refractivity contribution is 0.701. The molecule has 1 unspecified atom stereocenters. The third-order valence-corrected chi connectivity index (χ3v) is 5.10. The zero-order chi connectivity index (χ0) is 12.4. The monoisotopic (exact) mass is 373 g/mol. The second-order valence-corrected chi connectivity index (χ2v) is 6.90. The van der Waals surface area contributed by atoms with E-state index in [9.17, 15) is 0 Å². The lowest BCUT2D eigenvalue weighted by Crippen LogP contribution is -2.16. The molecule has 2 rings (SSSR count). The molecule has 1 aromatic carbocycles. The first-order chi connectivity index (χ1) is 8.11. The highest BCUT2D eigenvalue weighted by Gasteiger charge is 2.17. The van der Waals surface area contributed by atoms with Crippen molar-refractivity contribution in [2.45, 2.75) is 13.0 Å². The highest BCUT2D eigenvalue weighted by atomic mass is 79.9. The molecule has 1 atom stereocenters. The average Bonchev–Trinajstić information content (AvgIpc) is 2.59. The van der Waals surface area contributed by atoms with E-state index in [1.54, 1.807) is 0 Å². The van der Waals surface area contributed by atoms with Crippen molar-refractivity contribution in [2.75, 3.05) is 7.05 Å². The largest absolute Gasteiger partial charge is 0.309 e. The Morgan fingerprint density at radius 3 is 2.53 bits per heavy atom. The molecule has 0 aliphatic rings. The summed E-state index contributed by atoms with van der Waals surface area (Å²) in [6.07, 6.45) is 0. The van der Waals surface area contributed by atoms with Crippen LogP contribution in [0.2, 0.25) is 0 Å². The number of hydrogen-bond donors (Lipinski definition) is 1. The summed E-state index contributed by atoms with van der Waals surface area (Å²) in [5.41, 5.74) is 1.27. The topological polar surface area (TPSA) is 12.0 Å². The van der Waals surface area contributed by atoms with Crippen molar-refractivity contribution in [1.29, 1.82) is 0 Å². The number of halogens is 2. The standard InChI is InChI=1S/C13H13Br2NS/c1-8-6-11(15)13(17-8)12(16-2)9-4-3-5-10(14)7-9/h3-7,12,16H,1-2H3. The van der Waals surface area contributed by atoms with Crippen LogP contribution in [0.4, 0.5) is 0 Å². The fourth-order valence-corrected chi connectivity index (χ4v) is 4.27. The van der Waals surface area contributed by atoms with Gasteiger partial charge >= 0.3 is 0 Å². The number of hydrogen-bond acceptors (Lipinski definition) is 2. The van der Waals surface area contributed by atoms with E-state index in [1.165, 1.54) is 19.8 Å². The van der Waals surface area contributed by atoms with Gasteiger partial charge in [-0.3, -0.25) is 0 Å². The van der Waals surface area contributed by atoms with Crippen LogP contribution in [0.15, 0.2) is 39.3 Å². The van der Waals surface area contributed by atoms with Gasteiger partial charge in [-0.05, 0) is 53.7 Å². The fraction of sp³-hybridized carbons (Fsp3) is 0.231. The van der Waals surface area contributed by atoms with Crippen molar-refractivity contribution >= 4 is 43.2 Å². The van der Waals surface area contributed by atoms with Crippen molar-refractivity contribution in [3.05, 3.63) is 54.6 Å². The minimum atomic E-state index is 0.237. The van der Waals surface area contributed by atoms with Crippen LogP contribution in [0, 0.1) is 6.92 Å². The third-order valence-electron chi connectivity index (χ3n) is 2.57. The van der Waals surface area contributed by atoms with Gasteiger partial charge < -0.3 is 5.32 Å². The Hall–Kier alpha value is -0.160. The van der Waals surface area contributed by atoms with Gasteiger partial charge in [-0.25, -0.2) is 0 Å². The van der Waals surface area contributed by atoms with E-state index in [2.05, 4.69) is 68.4 Å². The highest BCUT2D eigenvalue weighted by molar-refractivity contribution is 9.10. The molecular weight excluding hydrogens is 362 g/mol. The van der Waals surface area contributed by atoms with Crippen LogP contribution in [-0.4, -0.2) is 7.05 Å². The molecule has 1 nitrogen and oxygen atoms in total. The Kier molecular flexibility index (Phi) is 4.42. The zero-order valence-electron chi connectivity index (χ0n) is 9.63. The Balaban J connectivity index is 2.43. The zero-order valence-corrected chi connectivity index (χ0v) is 13.6. The Morgan fingerprint density at radius 2 is 2.00 bits per heavy atom. The summed E-state index contributed by atoms with van der Waals surface area (Å²) in [5.74, 6) is 0. The van der Waals surface area contributed by atoms with E-state index in [1.807, 2.05) is 24.5 Å². The fourth-order valence-electron chi connectivity index (χ4n) is 1.83. The molecule has 0 saturated heterocycles. The summed E-state index contributed by atoms with van der Waals surface area (Å²) >= 11 is 8.98. The minimum absolute atomic E-state index is 0.237. The molecule has 90 valence electrons. The van der Waals surface area contributed by atoms with Crippen molar-refractivity contribution in [2.24, 2.45) is 0 Å². The minimum Gasteiger partial charge on any atom is -0.309 e. The lowest BCUT2D eigenvalue weighted by Gasteiger charge is -2.16. The molecule has 1 N–H and O–H groups in total. The van der Waals surface area contributed by atoms with Crippen molar-refractivity contribution in [3.8, 4) is 0 Å². The normalized spacial score (nSPS) is 12.7. The summed E-state index contributed by atoms with van der Waals surface area (Å²) < 4.78 is 2.29. The van der Waals surface area contributed by atoms with E-state index in [4.69, 9.17) is 0 Å². The van der Waals surface area contributed by atoms with Crippen LogP contribution < -0.4 is 5.32 Å². The van der Waals surface area contributed by atoms with Gasteiger partial charge in [-0.1, -0.05) is 28.1 Å². The van der Waals surface area contributed by atoms with Gasteiger partial charge in [0, 0.05) is 18.7 Å². The maximum absolute atomic E-state index is 3.63. The van der Waals surface area contributed by atoms with E-state index in [0.29, 0.717) is 0 Å². The quantitative estimate of drug-likeness (QED) is 0.806. The van der Waals surface area contributed by atoms with Gasteiger partial charge in [0.1, 0.15) is 0 Å². The molecule has 0 saturated carbocycles. The van der Waals surface area contributed by atoms with Crippen LogP contribution in [0.25, 0.3) is 0 Å². The molecular formula is C13H13Br2NS. The van der Waals surface area contributed by atoms with Gasteiger partial charge in [0.25, 0.3) is 0 Å². The molecule has 0 amide bonds. The molecule has 1 heterocycles. The lowest BCUT2D eigenvalue weighted by atomic mass is 10.1. The molecule has 0 fully saturated rings. The van der Waals surface area contributed by atoms with Crippen LogP contribution in [0.1, 0.15) is 21.4 Å². The summed E-state index contributed by atoms with van der Waals surface area (Å²) in [6, 6.07) is 10.8. The van der Waals surface area contributed by atoms with Crippen molar-refractivity contribution < 1.29 is 0 Å². The maximum Gasteiger partial charge on any atom is 0.0680 e.